The van der Waals surface area contributed by atoms with Crippen LogP contribution >= 0.6 is 0 Å². The average molecular weight is 793 g/mol. The molecular weight excluding hydrogens is 749 g/mol. The highest BCUT2D eigenvalue weighted by molar-refractivity contribution is 6.16. The maximum atomic E-state index is 2.49. The molecule has 1 unspecified atom stereocenters. The van der Waals surface area contributed by atoms with Crippen LogP contribution in [0.5, 0.6) is 0 Å². The average Bonchev–Trinajstić information content (AvgIpc) is 3.69. The lowest BCUT2D eigenvalue weighted by Gasteiger charge is -2.31. The Bertz CT molecular complexity index is 3450. The van der Waals surface area contributed by atoms with Gasteiger partial charge in [-0.3, -0.25) is 0 Å². The number of hydrogen-bond acceptors (Lipinski definition) is 1. The maximum Gasteiger partial charge on any atom is 0.0547 e. The minimum absolute atomic E-state index is 0.326. The van der Waals surface area contributed by atoms with E-state index in [1.807, 2.05) is 0 Å². The number of rotatable bonds is 7. The molecule has 2 aliphatic rings. The van der Waals surface area contributed by atoms with E-state index in [2.05, 4.69) is 234 Å². The summed E-state index contributed by atoms with van der Waals surface area (Å²) in [5.41, 5.74) is 16.2. The van der Waals surface area contributed by atoms with Crippen LogP contribution in [0, 0.1) is 0 Å². The van der Waals surface area contributed by atoms with Gasteiger partial charge in [-0.05, 0) is 129 Å². The maximum absolute atomic E-state index is 2.49. The molecule has 1 heterocycles. The highest BCUT2D eigenvalue weighted by atomic mass is 15.1. The van der Waals surface area contributed by atoms with Gasteiger partial charge in [0.2, 0.25) is 0 Å². The molecular formula is C60H44N2. The van der Waals surface area contributed by atoms with E-state index < -0.39 is 0 Å². The van der Waals surface area contributed by atoms with Gasteiger partial charge in [-0.2, -0.15) is 0 Å². The van der Waals surface area contributed by atoms with Crippen LogP contribution in [-0.2, 0) is 6.42 Å². The normalized spacial score (nSPS) is 14.7. The van der Waals surface area contributed by atoms with Crippen molar-refractivity contribution >= 4 is 60.8 Å². The molecule has 10 aromatic rings. The number of aryl methyl sites for hydroxylation is 1. The molecule has 1 aromatic heterocycles. The summed E-state index contributed by atoms with van der Waals surface area (Å²) in [6.45, 7) is 0. The molecule has 12 rings (SSSR count). The summed E-state index contributed by atoms with van der Waals surface area (Å²) in [7, 11) is 0. The highest BCUT2D eigenvalue weighted by Gasteiger charge is 2.23. The standard InChI is InChI=1S/C60H44N2/c1-2-22-47(23-3-1)62-57-32-11-10-29-56(57)60-53(31-15-33-58(60)62)45-21-12-19-43(38-45)44-20-13-24-49(39-44)61(59-40-46-17-5-7-26-52(46)54-27-8-9-28-55(54)59)48-36-34-42(35-37-48)51-30-14-18-41-16-4-6-25-50(41)51/h1-3,5-15,17-34,36-40,42H,4,16,35H2. The van der Waals surface area contributed by atoms with E-state index in [-0.39, 0.29) is 0 Å². The first-order valence-electron chi connectivity index (χ1n) is 21.9. The van der Waals surface area contributed by atoms with Crippen molar-refractivity contribution in [2.24, 2.45) is 0 Å². The Morgan fingerprint density at radius 2 is 1.23 bits per heavy atom. The second-order valence-electron chi connectivity index (χ2n) is 16.7. The summed E-state index contributed by atoms with van der Waals surface area (Å²) in [6, 6.07) is 71.4. The van der Waals surface area contributed by atoms with E-state index in [0.717, 1.165) is 24.9 Å². The van der Waals surface area contributed by atoms with Gasteiger partial charge in [-0.15, -0.1) is 0 Å². The fourth-order valence-corrected chi connectivity index (χ4v) is 10.3. The van der Waals surface area contributed by atoms with E-state index in [9.17, 15) is 0 Å². The molecule has 0 spiro atoms. The van der Waals surface area contributed by atoms with Crippen LogP contribution < -0.4 is 4.90 Å². The molecule has 0 aliphatic heterocycles. The van der Waals surface area contributed by atoms with Crippen LogP contribution in [0.4, 0.5) is 11.4 Å². The molecule has 62 heavy (non-hydrogen) atoms. The summed E-state index contributed by atoms with van der Waals surface area (Å²) in [6.07, 6.45) is 15.1. The molecule has 0 bridgehead atoms. The predicted molar refractivity (Wildman–Crippen MR) is 264 cm³/mol. The van der Waals surface area contributed by atoms with Crippen LogP contribution in [0.2, 0.25) is 0 Å². The van der Waals surface area contributed by atoms with Gasteiger partial charge in [0.25, 0.3) is 0 Å². The molecule has 9 aromatic carbocycles. The Hall–Kier alpha value is -7.68. The Balaban J connectivity index is 0.985. The SMILES string of the molecule is C1=Cc2c(cccc2C2C=CC(N(c3cccc(-c4cccc(-c5cccc6c5c5ccccc5n6-c5ccccc5)c4)c3)c3cc4ccccc4c4ccccc34)=CC2)CC1. The number of hydrogen-bond donors (Lipinski definition) is 0. The van der Waals surface area contributed by atoms with Gasteiger partial charge in [0, 0.05) is 39.1 Å². The van der Waals surface area contributed by atoms with Crippen molar-refractivity contribution < 1.29 is 0 Å². The molecule has 294 valence electrons. The lowest BCUT2D eigenvalue weighted by molar-refractivity contribution is 0.830. The van der Waals surface area contributed by atoms with E-state index in [1.54, 1.807) is 0 Å². The van der Waals surface area contributed by atoms with Gasteiger partial charge in [0.15, 0.2) is 0 Å². The van der Waals surface area contributed by atoms with Crippen LogP contribution in [0.25, 0.3) is 77.4 Å². The number of allylic oxidation sites excluding steroid dienone is 4. The van der Waals surface area contributed by atoms with E-state index in [1.165, 1.54) is 99.4 Å². The van der Waals surface area contributed by atoms with Crippen molar-refractivity contribution in [2.45, 2.75) is 25.2 Å². The van der Waals surface area contributed by atoms with Crippen molar-refractivity contribution in [1.82, 2.24) is 4.57 Å². The van der Waals surface area contributed by atoms with Crippen LogP contribution in [0.1, 0.15) is 35.4 Å². The molecule has 1 atom stereocenters. The number of para-hydroxylation sites is 2. The van der Waals surface area contributed by atoms with Crippen molar-refractivity contribution in [3.8, 4) is 27.9 Å². The van der Waals surface area contributed by atoms with Gasteiger partial charge < -0.3 is 9.47 Å². The van der Waals surface area contributed by atoms with Crippen molar-refractivity contribution in [3.63, 3.8) is 0 Å². The zero-order chi connectivity index (χ0) is 41.0. The fraction of sp³-hybridized carbons (Fsp3) is 0.0667. The molecule has 0 amide bonds. The zero-order valence-corrected chi connectivity index (χ0v) is 34.5. The summed E-state index contributed by atoms with van der Waals surface area (Å²) >= 11 is 0. The first-order valence-corrected chi connectivity index (χ1v) is 21.9. The summed E-state index contributed by atoms with van der Waals surface area (Å²) in [5, 5.41) is 7.53. The summed E-state index contributed by atoms with van der Waals surface area (Å²) in [4.78, 5) is 2.49. The van der Waals surface area contributed by atoms with E-state index >= 15 is 0 Å². The smallest absolute Gasteiger partial charge is 0.0547 e. The third kappa shape index (κ3) is 6.10. The number of anilines is 2. The quantitative estimate of drug-likeness (QED) is 0.146. The second-order valence-corrected chi connectivity index (χ2v) is 16.7. The van der Waals surface area contributed by atoms with Crippen molar-refractivity contribution in [3.05, 3.63) is 241 Å². The van der Waals surface area contributed by atoms with Gasteiger partial charge in [0.1, 0.15) is 0 Å². The third-order valence-corrected chi connectivity index (χ3v) is 13.1. The zero-order valence-electron chi connectivity index (χ0n) is 34.5. The summed E-state index contributed by atoms with van der Waals surface area (Å²) in [5.74, 6) is 0.326. The molecule has 2 heteroatoms. The predicted octanol–water partition coefficient (Wildman–Crippen LogP) is 16.1. The largest absolute Gasteiger partial charge is 0.310 e. The second kappa shape index (κ2) is 15.1. The Morgan fingerprint density at radius 1 is 0.516 bits per heavy atom. The summed E-state index contributed by atoms with van der Waals surface area (Å²) < 4.78 is 2.40. The first-order chi connectivity index (χ1) is 30.8. The van der Waals surface area contributed by atoms with Gasteiger partial charge >= 0.3 is 0 Å². The Labute approximate surface area is 362 Å². The van der Waals surface area contributed by atoms with Crippen molar-refractivity contribution in [2.75, 3.05) is 4.90 Å². The molecule has 0 saturated heterocycles. The van der Waals surface area contributed by atoms with E-state index in [0.29, 0.717) is 5.92 Å². The van der Waals surface area contributed by atoms with Crippen LogP contribution in [0.15, 0.2) is 224 Å². The minimum Gasteiger partial charge on any atom is -0.310 e. The van der Waals surface area contributed by atoms with E-state index in [4.69, 9.17) is 0 Å². The Morgan fingerprint density at radius 3 is 2.10 bits per heavy atom. The van der Waals surface area contributed by atoms with Gasteiger partial charge in [0.05, 0.1) is 16.7 Å². The first kappa shape index (κ1) is 36.2. The number of benzene rings is 9. The number of aromatic nitrogens is 1. The molecule has 0 radical (unpaired) electrons. The molecule has 2 nitrogen and oxygen atoms in total. The number of fused-ring (bicyclic) bond motifs is 7. The molecule has 0 saturated carbocycles. The Kier molecular flexibility index (Phi) is 8.81. The highest BCUT2D eigenvalue weighted by Crippen LogP contribution is 2.44. The number of nitrogens with zero attached hydrogens (tertiary/aromatic N) is 2. The topological polar surface area (TPSA) is 8.17 Å². The fourth-order valence-electron chi connectivity index (χ4n) is 10.3. The molecule has 2 aliphatic carbocycles. The molecule has 0 N–H and O–H groups in total. The third-order valence-electron chi connectivity index (χ3n) is 13.1. The van der Waals surface area contributed by atoms with Gasteiger partial charge in [-0.25, -0.2) is 0 Å². The lowest BCUT2D eigenvalue weighted by atomic mass is 9.84. The molecule has 0 fully saturated rings. The van der Waals surface area contributed by atoms with Crippen molar-refractivity contribution in [1.29, 1.82) is 0 Å². The monoisotopic (exact) mass is 792 g/mol. The minimum atomic E-state index is 0.326. The lowest BCUT2D eigenvalue weighted by Crippen LogP contribution is -2.18. The van der Waals surface area contributed by atoms with Gasteiger partial charge in [-0.1, -0.05) is 170 Å². The van der Waals surface area contributed by atoms with Crippen LogP contribution in [0.3, 0.4) is 0 Å². The van der Waals surface area contributed by atoms with Crippen LogP contribution in [-0.4, -0.2) is 4.57 Å².